The van der Waals surface area contributed by atoms with Crippen LogP contribution in [0.3, 0.4) is 0 Å². The summed E-state index contributed by atoms with van der Waals surface area (Å²) < 4.78 is 45.9. The van der Waals surface area contributed by atoms with Crippen LogP contribution in [0, 0.1) is 0 Å². The molecule has 0 atom stereocenters. The number of hydrogen-bond acceptors (Lipinski definition) is 3. The normalized spacial score (nSPS) is 11.5. The molecule has 3 aromatic carbocycles. The lowest BCUT2D eigenvalue weighted by Crippen LogP contribution is -2.20. The van der Waals surface area contributed by atoms with Crippen LogP contribution in [0.5, 0.6) is 5.75 Å². The van der Waals surface area contributed by atoms with Gasteiger partial charge in [-0.2, -0.15) is 18.3 Å². The van der Waals surface area contributed by atoms with Gasteiger partial charge < -0.3 is 4.74 Å². The van der Waals surface area contributed by atoms with Gasteiger partial charge in [-0.3, -0.25) is 4.79 Å². The smallest absolute Gasteiger partial charge is 0.416 e. The predicted octanol–water partition coefficient (Wildman–Crippen LogP) is 6.50. The molecule has 166 valence electrons. The maximum atomic E-state index is 12.8. The van der Waals surface area contributed by atoms with E-state index in [2.05, 4.69) is 42.4 Å². The van der Waals surface area contributed by atoms with Gasteiger partial charge in [-0.1, -0.05) is 56.1 Å². The highest BCUT2D eigenvalue weighted by Crippen LogP contribution is 2.29. The molecule has 9 heteroatoms. The number of ether oxygens (including phenoxy) is 1. The Morgan fingerprint density at radius 1 is 1.03 bits per heavy atom. The number of nitrogens with one attached hydrogen (secondary N) is 1. The summed E-state index contributed by atoms with van der Waals surface area (Å²) in [5, 5.41) is 3.85. The molecule has 0 heterocycles. The number of halogens is 5. The molecule has 0 radical (unpaired) electrons. The highest BCUT2D eigenvalue weighted by Gasteiger charge is 2.30. The van der Waals surface area contributed by atoms with E-state index in [1.165, 1.54) is 18.3 Å². The second kappa shape index (κ2) is 10.8. The number of hydrogen-bond donors (Lipinski definition) is 1. The molecule has 0 aliphatic heterocycles. The lowest BCUT2D eigenvalue weighted by molar-refractivity contribution is -0.137. The minimum atomic E-state index is -4.45. The maximum absolute atomic E-state index is 12.8. The molecule has 0 spiro atoms. The first kappa shape index (κ1) is 24.0. The standard InChI is InChI=1S/C23H17Br2F3N2O2/c24-19-7-6-17(21(25)12-19)14-32-20-8-4-15(5-9-20)13-29-30-22(31)11-16-2-1-3-18(10-16)23(26,27)28/h1-10,12-13H,11,14H2,(H,30,31)/b29-13+. The molecule has 1 amide bonds. The zero-order valence-electron chi connectivity index (χ0n) is 16.5. The summed E-state index contributed by atoms with van der Waals surface area (Å²) in [5.41, 5.74) is 3.51. The van der Waals surface area contributed by atoms with E-state index in [1.807, 2.05) is 18.2 Å². The van der Waals surface area contributed by atoms with E-state index in [1.54, 1.807) is 24.3 Å². The second-order valence-electron chi connectivity index (χ2n) is 6.76. The Morgan fingerprint density at radius 3 is 2.47 bits per heavy atom. The van der Waals surface area contributed by atoms with Crippen LogP contribution in [0.25, 0.3) is 0 Å². The first-order chi connectivity index (χ1) is 15.2. The molecule has 0 fully saturated rings. The monoisotopic (exact) mass is 568 g/mol. The van der Waals surface area contributed by atoms with Gasteiger partial charge in [-0.15, -0.1) is 0 Å². The highest BCUT2D eigenvalue weighted by atomic mass is 79.9. The van der Waals surface area contributed by atoms with E-state index < -0.39 is 17.6 Å². The summed E-state index contributed by atoms with van der Waals surface area (Å²) in [6.07, 6.45) is -3.21. The van der Waals surface area contributed by atoms with E-state index in [9.17, 15) is 18.0 Å². The highest BCUT2D eigenvalue weighted by molar-refractivity contribution is 9.11. The molecule has 3 aromatic rings. The summed E-state index contributed by atoms with van der Waals surface area (Å²) in [7, 11) is 0. The number of carbonyl (C=O) groups excluding carboxylic acids is 1. The Balaban J connectivity index is 1.50. The van der Waals surface area contributed by atoms with Crippen molar-refractivity contribution >= 4 is 44.0 Å². The summed E-state index contributed by atoms with van der Waals surface area (Å²) in [5.74, 6) is 0.158. The molecule has 0 unspecified atom stereocenters. The van der Waals surface area contributed by atoms with Crippen molar-refractivity contribution < 1.29 is 22.7 Å². The third-order valence-electron chi connectivity index (χ3n) is 4.31. The molecular formula is C23H17Br2F3N2O2. The minimum Gasteiger partial charge on any atom is -0.489 e. The average Bonchev–Trinajstić information content (AvgIpc) is 2.74. The third kappa shape index (κ3) is 7.20. The van der Waals surface area contributed by atoms with Crippen LogP contribution in [0.2, 0.25) is 0 Å². The Morgan fingerprint density at radius 2 is 1.78 bits per heavy atom. The molecular weight excluding hydrogens is 553 g/mol. The Bertz CT molecular complexity index is 1120. The first-order valence-corrected chi connectivity index (χ1v) is 10.9. The van der Waals surface area contributed by atoms with Gasteiger partial charge in [-0.05, 0) is 53.6 Å². The SMILES string of the molecule is O=C(Cc1cccc(C(F)(F)F)c1)N/N=C/c1ccc(OCc2ccc(Br)cc2Br)cc1. The fourth-order valence-corrected chi connectivity index (χ4v) is 3.87. The molecule has 32 heavy (non-hydrogen) atoms. The van der Waals surface area contributed by atoms with Crippen molar-refractivity contribution in [2.45, 2.75) is 19.2 Å². The largest absolute Gasteiger partial charge is 0.489 e. The number of nitrogens with zero attached hydrogens (tertiary/aromatic N) is 1. The topological polar surface area (TPSA) is 50.7 Å². The molecule has 4 nitrogen and oxygen atoms in total. The van der Waals surface area contributed by atoms with Crippen molar-refractivity contribution in [3.8, 4) is 5.75 Å². The van der Waals surface area contributed by atoms with Gasteiger partial charge in [0.2, 0.25) is 5.91 Å². The zero-order valence-corrected chi connectivity index (χ0v) is 19.7. The number of carbonyl (C=O) groups is 1. The quantitative estimate of drug-likeness (QED) is 0.261. The summed E-state index contributed by atoms with van der Waals surface area (Å²) in [4.78, 5) is 12.0. The van der Waals surface area contributed by atoms with Crippen molar-refractivity contribution in [2.24, 2.45) is 5.10 Å². The van der Waals surface area contributed by atoms with E-state index >= 15 is 0 Å². The van der Waals surface area contributed by atoms with Gasteiger partial charge in [0.1, 0.15) is 12.4 Å². The van der Waals surface area contributed by atoms with Gasteiger partial charge in [0.15, 0.2) is 0 Å². The number of benzene rings is 3. The lowest BCUT2D eigenvalue weighted by atomic mass is 10.1. The number of amides is 1. The fourth-order valence-electron chi connectivity index (χ4n) is 2.71. The van der Waals surface area contributed by atoms with Crippen molar-refractivity contribution in [1.29, 1.82) is 0 Å². The van der Waals surface area contributed by atoms with E-state index in [0.29, 0.717) is 12.4 Å². The molecule has 0 saturated carbocycles. The Labute approximate surface area is 199 Å². The van der Waals surface area contributed by atoms with Gasteiger partial charge in [0, 0.05) is 14.5 Å². The maximum Gasteiger partial charge on any atom is 0.416 e. The molecule has 0 aromatic heterocycles. The molecule has 0 saturated heterocycles. The predicted molar refractivity (Wildman–Crippen MR) is 124 cm³/mol. The van der Waals surface area contributed by atoms with Crippen LogP contribution < -0.4 is 10.2 Å². The van der Waals surface area contributed by atoms with E-state index in [4.69, 9.17) is 4.74 Å². The van der Waals surface area contributed by atoms with Crippen molar-refractivity contribution in [1.82, 2.24) is 5.43 Å². The number of hydrazone groups is 1. The minimum absolute atomic E-state index is 0.209. The molecule has 0 aliphatic carbocycles. The summed E-state index contributed by atoms with van der Waals surface area (Å²) >= 11 is 6.90. The van der Waals surface area contributed by atoms with Crippen LogP contribution >= 0.6 is 31.9 Å². The van der Waals surface area contributed by atoms with Gasteiger partial charge in [0.25, 0.3) is 0 Å². The van der Waals surface area contributed by atoms with Crippen LogP contribution in [-0.2, 0) is 24.0 Å². The molecule has 0 bridgehead atoms. The van der Waals surface area contributed by atoms with Crippen LogP contribution in [-0.4, -0.2) is 12.1 Å². The van der Waals surface area contributed by atoms with Crippen LogP contribution in [0.1, 0.15) is 22.3 Å². The first-order valence-electron chi connectivity index (χ1n) is 9.35. The van der Waals surface area contributed by atoms with E-state index in [0.717, 1.165) is 32.2 Å². The van der Waals surface area contributed by atoms with Gasteiger partial charge >= 0.3 is 6.18 Å². The Kier molecular flexibility index (Phi) is 8.09. The van der Waals surface area contributed by atoms with Gasteiger partial charge in [-0.25, -0.2) is 5.43 Å². The van der Waals surface area contributed by atoms with Crippen molar-refractivity contribution in [2.75, 3.05) is 0 Å². The number of rotatable bonds is 7. The summed E-state index contributed by atoms with van der Waals surface area (Å²) in [6, 6.07) is 17.6. The zero-order chi connectivity index (χ0) is 23.1. The fraction of sp³-hybridized carbons (Fsp3) is 0.130. The van der Waals surface area contributed by atoms with Crippen molar-refractivity contribution in [3.05, 3.63) is 97.9 Å². The molecule has 1 N–H and O–H groups in total. The third-order valence-corrected chi connectivity index (χ3v) is 5.54. The Hall–Kier alpha value is -2.65. The summed E-state index contributed by atoms with van der Waals surface area (Å²) in [6.45, 7) is 0.396. The van der Waals surface area contributed by atoms with Crippen molar-refractivity contribution in [3.63, 3.8) is 0 Å². The molecule has 0 aliphatic rings. The second-order valence-corrected chi connectivity index (χ2v) is 8.53. The average molecular weight is 570 g/mol. The lowest BCUT2D eigenvalue weighted by Gasteiger charge is -2.08. The van der Waals surface area contributed by atoms with E-state index in [-0.39, 0.29) is 12.0 Å². The number of alkyl halides is 3. The van der Waals surface area contributed by atoms with Gasteiger partial charge in [0.05, 0.1) is 18.2 Å². The van der Waals surface area contributed by atoms with Crippen LogP contribution in [0.15, 0.2) is 80.8 Å². The van der Waals surface area contributed by atoms with Crippen LogP contribution in [0.4, 0.5) is 13.2 Å². The molecule has 3 rings (SSSR count).